The van der Waals surface area contributed by atoms with E-state index in [2.05, 4.69) is 15.9 Å². The fourth-order valence-corrected chi connectivity index (χ4v) is 5.82. The number of anilines is 1. The first-order valence-electron chi connectivity index (χ1n) is 9.73. The summed E-state index contributed by atoms with van der Waals surface area (Å²) >= 11 is 3.45. The van der Waals surface area contributed by atoms with E-state index in [0.717, 1.165) is 27.7 Å². The van der Waals surface area contributed by atoms with Crippen LogP contribution in [0.2, 0.25) is 0 Å². The lowest BCUT2D eigenvalue weighted by molar-refractivity contribution is 0.135. The summed E-state index contributed by atoms with van der Waals surface area (Å²) in [5.74, 6) is 0. The highest BCUT2D eigenvalue weighted by atomic mass is 79.9. The van der Waals surface area contributed by atoms with Crippen molar-refractivity contribution in [2.75, 3.05) is 18.0 Å². The van der Waals surface area contributed by atoms with Crippen LogP contribution in [0.25, 0.3) is 0 Å². The van der Waals surface area contributed by atoms with E-state index in [1.54, 1.807) is 17.0 Å². The zero-order chi connectivity index (χ0) is 20.6. The van der Waals surface area contributed by atoms with E-state index in [4.69, 9.17) is 4.74 Å². The summed E-state index contributed by atoms with van der Waals surface area (Å²) in [6.45, 7) is 3.04. The molecule has 29 heavy (non-hydrogen) atoms. The van der Waals surface area contributed by atoms with Crippen molar-refractivity contribution in [3.8, 4) is 0 Å². The van der Waals surface area contributed by atoms with Gasteiger partial charge in [-0.2, -0.15) is 4.31 Å². The Kier molecular flexibility index (Phi) is 5.68. The second-order valence-corrected chi connectivity index (χ2v) is 10.2. The Morgan fingerprint density at radius 2 is 1.79 bits per heavy atom. The molecule has 0 spiro atoms. The normalized spacial score (nSPS) is 18.4. The number of piperidine rings is 1. The number of amides is 1. The van der Waals surface area contributed by atoms with Gasteiger partial charge < -0.3 is 4.74 Å². The molecule has 1 fully saturated rings. The summed E-state index contributed by atoms with van der Waals surface area (Å²) < 4.78 is 33.8. The van der Waals surface area contributed by atoms with Crippen molar-refractivity contribution >= 4 is 37.7 Å². The summed E-state index contributed by atoms with van der Waals surface area (Å²) in [6, 6.07) is 12.8. The predicted octanol–water partition coefficient (Wildman–Crippen LogP) is 4.32. The maximum absolute atomic E-state index is 13.0. The van der Waals surface area contributed by atoms with Crippen molar-refractivity contribution in [2.45, 2.75) is 43.7 Å². The number of halogens is 1. The lowest BCUT2D eigenvalue weighted by atomic mass is 10.0. The molecule has 154 valence electrons. The maximum atomic E-state index is 13.0. The van der Waals surface area contributed by atoms with Crippen LogP contribution >= 0.6 is 15.9 Å². The minimum Gasteiger partial charge on any atom is -0.444 e. The van der Waals surface area contributed by atoms with E-state index in [-0.39, 0.29) is 18.7 Å². The number of carbonyl (C=O) groups is 1. The number of aryl methyl sites for hydroxylation is 1. The van der Waals surface area contributed by atoms with Crippen molar-refractivity contribution in [3.05, 3.63) is 58.1 Å². The smallest absolute Gasteiger partial charge is 0.414 e. The van der Waals surface area contributed by atoms with Gasteiger partial charge in [0.25, 0.3) is 0 Å². The number of carbonyl (C=O) groups excluding carboxylic acids is 1. The molecule has 0 radical (unpaired) electrons. The fraction of sp³-hybridized carbons (Fsp3) is 0.381. The predicted molar refractivity (Wildman–Crippen MR) is 114 cm³/mol. The minimum atomic E-state index is -3.53. The van der Waals surface area contributed by atoms with Crippen molar-refractivity contribution in [3.63, 3.8) is 0 Å². The Morgan fingerprint density at radius 3 is 2.45 bits per heavy atom. The monoisotopic (exact) mass is 478 g/mol. The Bertz CT molecular complexity index is 1020. The standard InChI is InChI=1S/C21H23BrN2O4S/c1-2-15-3-6-19(7-4-15)29(26,27)23-11-9-18(10-12-23)24-20-8-5-17(22)13-16(20)14-28-21(24)25/h3-8,13,18H,2,9-12,14H2,1H3. The van der Waals surface area contributed by atoms with E-state index in [1.807, 2.05) is 37.3 Å². The highest BCUT2D eigenvalue weighted by Crippen LogP contribution is 2.34. The largest absolute Gasteiger partial charge is 0.444 e. The van der Waals surface area contributed by atoms with Crippen LogP contribution < -0.4 is 4.90 Å². The SMILES string of the molecule is CCc1ccc(S(=O)(=O)N2CCC(N3C(=O)OCc4cc(Br)ccc43)CC2)cc1. The average Bonchev–Trinajstić information content (AvgIpc) is 2.74. The molecule has 2 heterocycles. The van der Waals surface area contributed by atoms with Crippen LogP contribution in [0, 0.1) is 0 Å². The van der Waals surface area contributed by atoms with Crippen molar-refractivity contribution < 1.29 is 17.9 Å². The van der Waals surface area contributed by atoms with Crippen LogP contribution in [-0.2, 0) is 27.8 Å². The molecule has 8 heteroatoms. The van der Waals surface area contributed by atoms with Gasteiger partial charge in [0.15, 0.2) is 0 Å². The number of benzene rings is 2. The Hall–Kier alpha value is -1.90. The fourth-order valence-electron chi connectivity index (χ4n) is 3.94. The van der Waals surface area contributed by atoms with Gasteiger partial charge in [-0.3, -0.25) is 4.90 Å². The lowest BCUT2D eigenvalue weighted by Crippen LogP contribution is -2.50. The third-order valence-corrected chi connectivity index (χ3v) is 8.01. The van der Waals surface area contributed by atoms with Gasteiger partial charge in [-0.1, -0.05) is 35.0 Å². The molecule has 1 amide bonds. The number of cyclic esters (lactones) is 1. The number of fused-ring (bicyclic) bond motifs is 1. The molecule has 2 aromatic rings. The first-order chi connectivity index (χ1) is 13.9. The molecule has 0 atom stereocenters. The first kappa shape index (κ1) is 20.4. The number of hydrogen-bond donors (Lipinski definition) is 0. The molecule has 2 aliphatic rings. The topological polar surface area (TPSA) is 66.9 Å². The molecule has 0 aliphatic carbocycles. The molecule has 0 bridgehead atoms. The number of ether oxygens (including phenoxy) is 1. The number of nitrogens with zero attached hydrogens (tertiary/aromatic N) is 2. The molecule has 0 saturated carbocycles. The second kappa shape index (κ2) is 8.08. The van der Waals surface area contributed by atoms with E-state index < -0.39 is 10.0 Å². The van der Waals surface area contributed by atoms with Crippen molar-refractivity contribution in [1.29, 1.82) is 0 Å². The van der Waals surface area contributed by atoms with Crippen molar-refractivity contribution in [2.24, 2.45) is 0 Å². The van der Waals surface area contributed by atoms with E-state index >= 15 is 0 Å². The molecule has 0 N–H and O–H groups in total. The van der Waals surface area contributed by atoms with Gasteiger partial charge in [0.05, 0.1) is 10.6 Å². The van der Waals surface area contributed by atoms with Gasteiger partial charge in [0.2, 0.25) is 10.0 Å². The molecule has 4 rings (SSSR count). The van der Waals surface area contributed by atoms with Crippen LogP contribution in [0.15, 0.2) is 51.8 Å². The lowest BCUT2D eigenvalue weighted by Gasteiger charge is -2.39. The van der Waals surface area contributed by atoms with Gasteiger partial charge in [-0.05, 0) is 55.2 Å². The van der Waals surface area contributed by atoms with Crippen LogP contribution in [-0.4, -0.2) is 37.9 Å². The molecule has 2 aliphatic heterocycles. The first-order valence-corrected chi connectivity index (χ1v) is 12.0. The summed E-state index contributed by atoms with van der Waals surface area (Å²) in [7, 11) is -3.53. The molecule has 2 aromatic carbocycles. The third kappa shape index (κ3) is 3.93. The molecular weight excluding hydrogens is 456 g/mol. The van der Waals surface area contributed by atoms with Crippen LogP contribution in [0.5, 0.6) is 0 Å². The maximum Gasteiger partial charge on any atom is 0.414 e. The quantitative estimate of drug-likeness (QED) is 0.655. The van der Waals surface area contributed by atoms with Gasteiger partial charge in [0.1, 0.15) is 6.61 Å². The van der Waals surface area contributed by atoms with Crippen molar-refractivity contribution in [1.82, 2.24) is 4.31 Å². The van der Waals surface area contributed by atoms with E-state index in [9.17, 15) is 13.2 Å². The highest BCUT2D eigenvalue weighted by Gasteiger charge is 2.37. The Balaban J connectivity index is 1.50. The van der Waals surface area contributed by atoms with Gasteiger partial charge in [-0.15, -0.1) is 0 Å². The molecule has 6 nitrogen and oxygen atoms in total. The zero-order valence-electron chi connectivity index (χ0n) is 16.2. The van der Waals surface area contributed by atoms with E-state index in [0.29, 0.717) is 30.8 Å². The third-order valence-electron chi connectivity index (χ3n) is 5.61. The molecular formula is C21H23BrN2O4S. The minimum absolute atomic E-state index is 0.0864. The zero-order valence-corrected chi connectivity index (χ0v) is 18.6. The van der Waals surface area contributed by atoms with Crippen LogP contribution in [0.1, 0.15) is 30.9 Å². The molecule has 0 unspecified atom stereocenters. The summed E-state index contributed by atoms with van der Waals surface area (Å²) in [5.41, 5.74) is 2.91. The molecule has 1 saturated heterocycles. The van der Waals surface area contributed by atoms with Gasteiger partial charge >= 0.3 is 6.09 Å². The number of hydrogen-bond acceptors (Lipinski definition) is 4. The summed E-state index contributed by atoms with van der Waals surface area (Å²) in [5, 5.41) is 0. The van der Waals surface area contributed by atoms with Gasteiger partial charge in [-0.25, -0.2) is 13.2 Å². The van der Waals surface area contributed by atoms with Crippen LogP contribution in [0.3, 0.4) is 0 Å². The highest BCUT2D eigenvalue weighted by molar-refractivity contribution is 9.10. The van der Waals surface area contributed by atoms with Gasteiger partial charge in [0, 0.05) is 29.2 Å². The van der Waals surface area contributed by atoms with Crippen LogP contribution in [0.4, 0.5) is 10.5 Å². The number of rotatable bonds is 4. The Labute approximate surface area is 179 Å². The molecule has 0 aromatic heterocycles. The summed E-state index contributed by atoms with van der Waals surface area (Å²) in [4.78, 5) is 14.5. The summed E-state index contributed by atoms with van der Waals surface area (Å²) in [6.07, 6.45) is 1.64. The Morgan fingerprint density at radius 1 is 1.10 bits per heavy atom. The number of sulfonamides is 1. The van der Waals surface area contributed by atoms with E-state index in [1.165, 1.54) is 4.31 Å². The average molecular weight is 479 g/mol. The second-order valence-electron chi connectivity index (χ2n) is 7.33.